The molecular formula is C23H21N3O2S3. The lowest BCUT2D eigenvalue weighted by atomic mass is 10.2. The van der Waals surface area contributed by atoms with Crippen LogP contribution in [-0.2, 0) is 16.6 Å². The molecule has 3 aromatic carbocycles. The fourth-order valence-electron chi connectivity index (χ4n) is 2.89. The number of aryl methyl sites for hydroxylation is 2. The second-order valence-corrected chi connectivity index (χ2v) is 10.8. The predicted octanol–water partition coefficient (Wildman–Crippen LogP) is 4.80. The SMILES string of the molecule is Cc1ccc(N=c2ss/c(=N\S(=O)(=O)c3ccc(C)cc3)n2Cc2ccccc2)cc1. The quantitative estimate of drug-likeness (QED) is 0.396. The number of sulfonamides is 1. The third-order valence-electron chi connectivity index (χ3n) is 4.61. The van der Waals surface area contributed by atoms with E-state index in [-0.39, 0.29) is 4.90 Å². The summed E-state index contributed by atoms with van der Waals surface area (Å²) in [6, 6.07) is 24.5. The molecule has 4 rings (SSSR count). The van der Waals surface area contributed by atoms with Crippen molar-refractivity contribution >= 4 is 36.4 Å². The first-order valence-electron chi connectivity index (χ1n) is 9.64. The molecule has 0 saturated carbocycles. The van der Waals surface area contributed by atoms with Crippen LogP contribution in [0.15, 0.2) is 93.1 Å². The van der Waals surface area contributed by atoms with Crippen molar-refractivity contribution < 1.29 is 8.42 Å². The van der Waals surface area contributed by atoms with Gasteiger partial charge in [-0.1, -0.05) is 65.7 Å². The van der Waals surface area contributed by atoms with Crippen molar-refractivity contribution in [1.29, 1.82) is 0 Å². The van der Waals surface area contributed by atoms with Gasteiger partial charge in [-0.25, -0.2) is 4.99 Å². The lowest BCUT2D eigenvalue weighted by Gasteiger charge is -2.04. The normalized spacial score (nSPS) is 13.0. The molecule has 5 nitrogen and oxygen atoms in total. The van der Waals surface area contributed by atoms with E-state index in [1.807, 2.05) is 73.0 Å². The predicted molar refractivity (Wildman–Crippen MR) is 126 cm³/mol. The highest BCUT2D eigenvalue weighted by atomic mass is 32.9. The molecule has 0 spiro atoms. The van der Waals surface area contributed by atoms with Crippen LogP contribution in [0, 0.1) is 13.8 Å². The lowest BCUT2D eigenvalue weighted by Crippen LogP contribution is -2.27. The van der Waals surface area contributed by atoms with Crippen LogP contribution in [-0.4, -0.2) is 13.0 Å². The minimum absolute atomic E-state index is 0.180. The van der Waals surface area contributed by atoms with Gasteiger partial charge in [0.05, 0.1) is 17.1 Å². The smallest absolute Gasteiger partial charge is 0.285 e. The van der Waals surface area contributed by atoms with Crippen molar-refractivity contribution in [2.45, 2.75) is 25.3 Å². The summed E-state index contributed by atoms with van der Waals surface area (Å²) in [5, 5.41) is 0. The van der Waals surface area contributed by atoms with Gasteiger partial charge in [0.2, 0.25) is 9.60 Å². The highest BCUT2D eigenvalue weighted by Gasteiger charge is 2.14. The fourth-order valence-corrected chi connectivity index (χ4v) is 6.40. The van der Waals surface area contributed by atoms with Crippen LogP contribution in [0.3, 0.4) is 0 Å². The van der Waals surface area contributed by atoms with E-state index < -0.39 is 10.0 Å². The topological polar surface area (TPSA) is 63.8 Å². The van der Waals surface area contributed by atoms with Crippen molar-refractivity contribution in [3.05, 3.63) is 105 Å². The van der Waals surface area contributed by atoms with Crippen LogP contribution in [0.4, 0.5) is 5.69 Å². The number of benzene rings is 3. The van der Waals surface area contributed by atoms with Gasteiger partial charge in [-0.3, -0.25) is 4.57 Å². The summed E-state index contributed by atoms with van der Waals surface area (Å²) in [4.78, 5) is 6.04. The molecular weight excluding hydrogens is 446 g/mol. The van der Waals surface area contributed by atoms with Crippen LogP contribution in [0.1, 0.15) is 16.7 Å². The van der Waals surface area contributed by atoms with E-state index >= 15 is 0 Å². The summed E-state index contributed by atoms with van der Waals surface area (Å²) < 4.78 is 31.9. The average molecular weight is 468 g/mol. The zero-order valence-corrected chi connectivity index (χ0v) is 19.5. The second kappa shape index (κ2) is 9.13. The van der Waals surface area contributed by atoms with Crippen molar-refractivity contribution in [1.82, 2.24) is 4.57 Å². The molecule has 0 aliphatic rings. The van der Waals surface area contributed by atoms with Crippen LogP contribution >= 0.6 is 20.7 Å². The van der Waals surface area contributed by atoms with Crippen LogP contribution in [0.25, 0.3) is 0 Å². The lowest BCUT2D eigenvalue weighted by molar-refractivity contribution is 0.595. The second-order valence-electron chi connectivity index (χ2n) is 7.13. The average Bonchev–Trinajstić information content (AvgIpc) is 3.11. The third-order valence-corrected chi connectivity index (χ3v) is 8.16. The molecule has 4 aromatic rings. The van der Waals surface area contributed by atoms with Crippen molar-refractivity contribution in [2.24, 2.45) is 9.39 Å². The Labute approximate surface area is 188 Å². The van der Waals surface area contributed by atoms with Gasteiger partial charge >= 0.3 is 0 Å². The van der Waals surface area contributed by atoms with Crippen molar-refractivity contribution in [3.63, 3.8) is 0 Å². The van der Waals surface area contributed by atoms with Crippen LogP contribution in [0.2, 0.25) is 0 Å². The Balaban J connectivity index is 1.86. The largest absolute Gasteiger partial charge is 0.287 e. The van der Waals surface area contributed by atoms with E-state index in [1.165, 1.54) is 20.7 Å². The Hall–Kier alpha value is -2.81. The summed E-state index contributed by atoms with van der Waals surface area (Å²) >= 11 is 0. The Morgan fingerprint density at radius 1 is 0.774 bits per heavy atom. The molecule has 0 atom stereocenters. The number of hydrogen-bond acceptors (Lipinski definition) is 5. The maximum absolute atomic E-state index is 12.9. The molecule has 0 fully saturated rings. The monoisotopic (exact) mass is 467 g/mol. The summed E-state index contributed by atoms with van der Waals surface area (Å²) in [6.07, 6.45) is 0. The summed E-state index contributed by atoms with van der Waals surface area (Å²) in [5.41, 5.74) is 4.01. The van der Waals surface area contributed by atoms with Gasteiger partial charge in [-0.2, -0.15) is 8.42 Å². The Morgan fingerprint density at radius 2 is 1.35 bits per heavy atom. The van der Waals surface area contributed by atoms with E-state index in [4.69, 9.17) is 4.99 Å². The molecule has 8 heteroatoms. The first kappa shape index (κ1) is 21.4. The molecule has 0 amide bonds. The third kappa shape index (κ3) is 5.28. The first-order chi connectivity index (χ1) is 14.9. The minimum atomic E-state index is -3.83. The molecule has 0 N–H and O–H groups in total. The number of rotatable bonds is 5. The zero-order chi connectivity index (χ0) is 21.8. The van der Waals surface area contributed by atoms with Crippen LogP contribution in [0.5, 0.6) is 0 Å². The number of hydrogen-bond donors (Lipinski definition) is 0. The van der Waals surface area contributed by atoms with E-state index in [1.54, 1.807) is 24.3 Å². The molecule has 158 valence electrons. The molecule has 0 aliphatic heterocycles. The van der Waals surface area contributed by atoms with Gasteiger partial charge in [-0.15, -0.1) is 4.40 Å². The van der Waals surface area contributed by atoms with Crippen molar-refractivity contribution in [2.75, 3.05) is 0 Å². The minimum Gasteiger partial charge on any atom is -0.287 e. The summed E-state index contributed by atoms with van der Waals surface area (Å²) in [5.74, 6) is 0. The van der Waals surface area contributed by atoms with E-state index in [0.29, 0.717) is 16.1 Å². The standard InChI is InChI=1S/C23H21N3O2S3/c1-17-8-12-20(13-9-17)24-22-26(16-19-6-4-3-5-7-19)23(30-29-22)25-31(27,28)21-14-10-18(2)11-15-21/h3-15H,16H2,1-2H3/b24-22?,25-23-. The Morgan fingerprint density at radius 3 is 2.00 bits per heavy atom. The van der Waals surface area contributed by atoms with Gasteiger partial charge in [-0.05, 0) is 64.4 Å². The fraction of sp³-hybridized carbons (Fsp3) is 0.130. The molecule has 31 heavy (non-hydrogen) atoms. The van der Waals surface area contributed by atoms with Crippen molar-refractivity contribution in [3.8, 4) is 0 Å². The van der Waals surface area contributed by atoms with Gasteiger partial charge in [0.25, 0.3) is 10.0 Å². The first-order valence-corrected chi connectivity index (χ1v) is 13.2. The van der Waals surface area contributed by atoms with E-state index in [9.17, 15) is 8.42 Å². The molecule has 0 bridgehead atoms. The highest BCUT2D eigenvalue weighted by molar-refractivity contribution is 7.90. The Bertz CT molecular complexity index is 1410. The van der Waals surface area contributed by atoms with E-state index in [0.717, 1.165) is 22.4 Å². The molecule has 0 aliphatic carbocycles. The van der Waals surface area contributed by atoms with Gasteiger partial charge in [0.15, 0.2) is 0 Å². The molecule has 0 radical (unpaired) electrons. The van der Waals surface area contributed by atoms with Gasteiger partial charge in [0, 0.05) is 0 Å². The highest BCUT2D eigenvalue weighted by Crippen LogP contribution is 2.14. The molecule has 0 saturated heterocycles. The maximum Gasteiger partial charge on any atom is 0.285 e. The van der Waals surface area contributed by atoms with Gasteiger partial charge < -0.3 is 0 Å². The summed E-state index contributed by atoms with van der Waals surface area (Å²) in [7, 11) is -1.11. The molecule has 1 aromatic heterocycles. The summed E-state index contributed by atoms with van der Waals surface area (Å²) in [6.45, 7) is 4.43. The molecule has 0 unspecified atom stereocenters. The van der Waals surface area contributed by atoms with Gasteiger partial charge in [0.1, 0.15) is 0 Å². The zero-order valence-electron chi connectivity index (χ0n) is 17.1. The van der Waals surface area contributed by atoms with Crippen LogP contribution < -0.4 is 9.60 Å². The number of aromatic nitrogens is 1. The Kier molecular flexibility index (Phi) is 6.31. The molecule has 1 heterocycles. The van der Waals surface area contributed by atoms with E-state index in [2.05, 4.69) is 4.40 Å². The number of nitrogens with zero attached hydrogens (tertiary/aromatic N) is 3. The maximum atomic E-state index is 12.9.